The van der Waals surface area contributed by atoms with Gasteiger partial charge in [-0.2, -0.15) is 0 Å². The van der Waals surface area contributed by atoms with E-state index in [1.165, 1.54) is 11.5 Å². The van der Waals surface area contributed by atoms with Crippen molar-refractivity contribution in [3.63, 3.8) is 0 Å². The molecule has 2 heterocycles. The van der Waals surface area contributed by atoms with E-state index >= 15 is 0 Å². The summed E-state index contributed by atoms with van der Waals surface area (Å²) in [5.41, 5.74) is 1.36. The van der Waals surface area contributed by atoms with E-state index in [9.17, 15) is 9.59 Å². The number of aromatic nitrogens is 1. The quantitative estimate of drug-likeness (QED) is 0.678. The Morgan fingerprint density at radius 1 is 1.38 bits per heavy atom. The maximum atomic E-state index is 11.8. The lowest BCUT2D eigenvalue weighted by Gasteiger charge is -2.07. The number of fused-ring (bicyclic) bond motifs is 1. The lowest BCUT2D eigenvalue weighted by Crippen LogP contribution is -2.19. The molecule has 0 spiro atoms. The molecule has 2 aromatic rings. The number of ether oxygens (including phenoxy) is 1. The van der Waals surface area contributed by atoms with Gasteiger partial charge in [0.1, 0.15) is 0 Å². The third-order valence-corrected chi connectivity index (χ3v) is 2.46. The van der Waals surface area contributed by atoms with E-state index in [1.54, 1.807) is 37.4 Å². The molecule has 2 aromatic heterocycles. The van der Waals surface area contributed by atoms with Gasteiger partial charge in [0.2, 0.25) is 0 Å². The van der Waals surface area contributed by atoms with Crippen LogP contribution in [0, 0.1) is 6.92 Å². The molecular weight excluding hydrogens is 206 g/mol. The Bertz CT molecular complexity index is 613. The smallest absolute Gasteiger partial charge is 0.340 e. The number of rotatable bonds is 1. The highest BCUT2D eigenvalue weighted by Gasteiger charge is 2.12. The van der Waals surface area contributed by atoms with Gasteiger partial charge in [0.25, 0.3) is 5.56 Å². The summed E-state index contributed by atoms with van der Waals surface area (Å²) in [6.07, 6.45) is 1.64. The van der Waals surface area contributed by atoms with Crippen molar-refractivity contribution in [3.05, 3.63) is 51.9 Å². The third kappa shape index (κ3) is 1.48. The molecule has 16 heavy (non-hydrogen) atoms. The van der Waals surface area contributed by atoms with Gasteiger partial charge in [-0.05, 0) is 25.1 Å². The molecule has 0 atom stereocenters. The predicted molar refractivity (Wildman–Crippen MR) is 59.7 cm³/mol. The summed E-state index contributed by atoms with van der Waals surface area (Å²) >= 11 is 0. The summed E-state index contributed by atoms with van der Waals surface area (Å²) in [4.78, 5) is 23.4. The minimum absolute atomic E-state index is 0.122. The highest BCUT2D eigenvalue weighted by atomic mass is 16.5. The molecule has 2 rings (SSSR count). The van der Waals surface area contributed by atoms with Crippen LogP contribution in [0.15, 0.2) is 35.3 Å². The van der Waals surface area contributed by atoms with E-state index in [0.29, 0.717) is 16.6 Å². The van der Waals surface area contributed by atoms with Crippen LogP contribution >= 0.6 is 0 Å². The predicted octanol–water partition coefficient (Wildman–Crippen LogP) is 1.39. The number of esters is 1. The van der Waals surface area contributed by atoms with Crippen molar-refractivity contribution in [2.45, 2.75) is 6.92 Å². The molecule has 0 bridgehead atoms. The van der Waals surface area contributed by atoms with Gasteiger partial charge in [0.15, 0.2) is 0 Å². The number of methoxy groups -OCH3 is 1. The molecule has 4 nitrogen and oxygen atoms in total. The second-order valence-electron chi connectivity index (χ2n) is 3.49. The molecule has 0 saturated carbocycles. The maximum Gasteiger partial charge on any atom is 0.340 e. The van der Waals surface area contributed by atoms with Crippen molar-refractivity contribution in [1.82, 2.24) is 4.40 Å². The van der Waals surface area contributed by atoms with E-state index in [-0.39, 0.29) is 5.56 Å². The average molecular weight is 217 g/mol. The van der Waals surface area contributed by atoms with Gasteiger partial charge in [-0.3, -0.25) is 9.20 Å². The molecule has 82 valence electrons. The molecule has 4 heteroatoms. The first kappa shape index (κ1) is 10.4. The fourth-order valence-corrected chi connectivity index (χ4v) is 1.66. The number of pyridine rings is 2. The van der Waals surface area contributed by atoms with Crippen molar-refractivity contribution in [3.8, 4) is 0 Å². The fraction of sp³-hybridized carbons (Fsp3) is 0.167. The van der Waals surface area contributed by atoms with Gasteiger partial charge >= 0.3 is 5.97 Å². The minimum atomic E-state index is -0.438. The lowest BCUT2D eigenvalue weighted by atomic mass is 10.1. The van der Waals surface area contributed by atoms with Crippen molar-refractivity contribution < 1.29 is 9.53 Å². The summed E-state index contributed by atoms with van der Waals surface area (Å²) in [7, 11) is 1.32. The zero-order chi connectivity index (χ0) is 11.7. The summed E-state index contributed by atoms with van der Waals surface area (Å²) in [6.45, 7) is 1.67. The van der Waals surface area contributed by atoms with Crippen molar-refractivity contribution in [1.29, 1.82) is 0 Å². The first-order valence-corrected chi connectivity index (χ1v) is 4.84. The molecule has 0 unspecified atom stereocenters. The summed E-state index contributed by atoms with van der Waals surface area (Å²) < 4.78 is 6.13. The van der Waals surface area contributed by atoms with Crippen LogP contribution in [0.3, 0.4) is 0 Å². The van der Waals surface area contributed by atoms with Crippen LogP contribution in [0.4, 0.5) is 0 Å². The lowest BCUT2D eigenvalue weighted by molar-refractivity contribution is 0.0602. The number of carbonyl (C=O) groups is 1. The standard InChI is InChI=1S/C12H11NO3/c1-8-7-9(12(15)16-2)10-5-3-4-6-13(10)11(8)14/h3-7H,1-2H3. The van der Waals surface area contributed by atoms with Crippen molar-refractivity contribution in [2.75, 3.05) is 7.11 Å². The molecule has 0 saturated heterocycles. The highest BCUT2D eigenvalue weighted by molar-refractivity contribution is 5.96. The summed E-state index contributed by atoms with van der Waals surface area (Å²) in [5.74, 6) is -0.438. The normalized spacial score (nSPS) is 10.4. The molecule has 0 radical (unpaired) electrons. The fourth-order valence-electron chi connectivity index (χ4n) is 1.66. The largest absolute Gasteiger partial charge is 0.465 e. The van der Waals surface area contributed by atoms with Crippen LogP contribution in [-0.4, -0.2) is 17.5 Å². The van der Waals surface area contributed by atoms with Gasteiger partial charge in [-0.25, -0.2) is 4.79 Å². The summed E-state index contributed by atoms with van der Waals surface area (Å²) in [6, 6.07) is 6.79. The molecule has 0 aliphatic carbocycles. The maximum absolute atomic E-state index is 11.8. The second kappa shape index (κ2) is 3.81. The first-order chi connectivity index (χ1) is 7.65. The Labute approximate surface area is 92.1 Å². The molecule has 0 aliphatic heterocycles. The van der Waals surface area contributed by atoms with E-state index in [0.717, 1.165) is 0 Å². The Morgan fingerprint density at radius 2 is 2.12 bits per heavy atom. The second-order valence-corrected chi connectivity index (χ2v) is 3.49. The summed E-state index contributed by atoms with van der Waals surface area (Å²) in [5, 5.41) is 0. The van der Waals surface area contributed by atoms with E-state index in [4.69, 9.17) is 0 Å². The van der Waals surface area contributed by atoms with Gasteiger partial charge in [-0.15, -0.1) is 0 Å². The topological polar surface area (TPSA) is 47.8 Å². The van der Waals surface area contributed by atoms with Crippen LogP contribution in [0.25, 0.3) is 5.52 Å². The van der Waals surface area contributed by atoms with Crippen LogP contribution in [0.5, 0.6) is 0 Å². The molecule has 0 amide bonds. The van der Waals surface area contributed by atoms with Crippen molar-refractivity contribution in [2.24, 2.45) is 0 Å². The number of hydrogen-bond acceptors (Lipinski definition) is 3. The number of aryl methyl sites for hydroxylation is 1. The monoisotopic (exact) mass is 217 g/mol. The van der Waals surface area contributed by atoms with Gasteiger partial charge in [-0.1, -0.05) is 6.07 Å². The van der Waals surface area contributed by atoms with Gasteiger partial charge in [0.05, 0.1) is 18.2 Å². The van der Waals surface area contributed by atoms with Gasteiger partial charge in [0, 0.05) is 11.8 Å². The van der Waals surface area contributed by atoms with Crippen molar-refractivity contribution >= 4 is 11.5 Å². The number of carbonyl (C=O) groups excluding carboxylic acids is 1. The zero-order valence-corrected chi connectivity index (χ0v) is 9.06. The SMILES string of the molecule is COC(=O)c1cc(C)c(=O)n2ccccc12. The molecule has 0 fully saturated rings. The van der Waals surface area contributed by atoms with Crippen LogP contribution in [-0.2, 0) is 4.74 Å². The zero-order valence-electron chi connectivity index (χ0n) is 9.06. The molecule has 0 N–H and O–H groups in total. The number of hydrogen-bond donors (Lipinski definition) is 0. The Morgan fingerprint density at radius 3 is 2.81 bits per heavy atom. The Balaban J connectivity index is 2.90. The van der Waals surface area contributed by atoms with Gasteiger partial charge < -0.3 is 4.74 Å². The Kier molecular flexibility index (Phi) is 2.48. The highest BCUT2D eigenvalue weighted by Crippen LogP contribution is 2.11. The van der Waals surface area contributed by atoms with Crippen LogP contribution in [0.2, 0.25) is 0 Å². The Hall–Kier alpha value is -2.10. The minimum Gasteiger partial charge on any atom is -0.465 e. The molecule has 0 aromatic carbocycles. The van der Waals surface area contributed by atoms with E-state index in [2.05, 4.69) is 4.74 Å². The molecular formula is C12H11NO3. The number of nitrogens with zero attached hydrogens (tertiary/aromatic N) is 1. The van der Waals surface area contributed by atoms with Crippen LogP contribution in [0.1, 0.15) is 15.9 Å². The average Bonchev–Trinajstić information content (AvgIpc) is 2.33. The van der Waals surface area contributed by atoms with E-state index in [1.807, 2.05) is 0 Å². The first-order valence-electron chi connectivity index (χ1n) is 4.84. The van der Waals surface area contributed by atoms with E-state index < -0.39 is 5.97 Å². The third-order valence-electron chi connectivity index (χ3n) is 2.46. The molecule has 0 aliphatic rings. The van der Waals surface area contributed by atoms with Crippen LogP contribution < -0.4 is 5.56 Å².